The van der Waals surface area contributed by atoms with Crippen LogP contribution in [0.3, 0.4) is 0 Å². The second-order valence-electron chi connectivity index (χ2n) is 4.68. The van der Waals surface area contributed by atoms with Gasteiger partial charge in [-0.05, 0) is 24.7 Å². The smallest absolute Gasteiger partial charge is 0.0813 e. The monoisotopic (exact) mass is 197 g/mol. The predicted molar refractivity (Wildman–Crippen MR) is 60.3 cm³/mol. The van der Waals surface area contributed by atoms with Gasteiger partial charge in [0, 0.05) is 0 Å². The lowest BCUT2D eigenvalue weighted by atomic mass is 9.77. The highest BCUT2D eigenvalue weighted by Gasteiger charge is 2.21. The fourth-order valence-electron chi connectivity index (χ4n) is 2.31. The van der Waals surface area contributed by atoms with Crippen molar-refractivity contribution in [3.05, 3.63) is 4.91 Å². The van der Waals surface area contributed by atoms with Crippen molar-refractivity contribution in [3.8, 4) is 0 Å². The average Bonchev–Trinajstić information content (AvgIpc) is 2.14. The first kappa shape index (κ1) is 11.7. The lowest BCUT2D eigenvalue weighted by Gasteiger charge is -2.29. The van der Waals surface area contributed by atoms with E-state index in [9.17, 15) is 4.91 Å². The Morgan fingerprint density at radius 2 is 2.14 bits per heavy atom. The van der Waals surface area contributed by atoms with Gasteiger partial charge in [-0.25, -0.2) is 0 Å². The van der Waals surface area contributed by atoms with E-state index in [1.807, 2.05) is 0 Å². The molecule has 14 heavy (non-hydrogen) atoms. The Balaban J connectivity index is 2.15. The Bertz CT molecular complexity index is 154. The molecule has 2 heteroatoms. The number of rotatable bonds is 8. The van der Waals surface area contributed by atoms with Crippen molar-refractivity contribution in [2.24, 2.45) is 17.0 Å². The third-order valence-electron chi connectivity index (χ3n) is 3.49. The summed E-state index contributed by atoms with van der Waals surface area (Å²) >= 11 is 0. The number of nitroso groups, excluding NO2 is 1. The van der Waals surface area contributed by atoms with Gasteiger partial charge in [-0.1, -0.05) is 50.6 Å². The second-order valence-corrected chi connectivity index (χ2v) is 4.68. The Hall–Kier alpha value is -0.400. The first-order valence-electron chi connectivity index (χ1n) is 6.16. The van der Waals surface area contributed by atoms with Crippen LogP contribution in [0, 0.1) is 16.7 Å². The van der Waals surface area contributed by atoms with Crippen molar-refractivity contribution in [2.75, 3.05) is 6.54 Å². The Morgan fingerprint density at radius 3 is 2.64 bits per heavy atom. The van der Waals surface area contributed by atoms with Gasteiger partial charge < -0.3 is 0 Å². The highest BCUT2D eigenvalue weighted by Crippen LogP contribution is 2.34. The molecule has 0 saturated heterocycles. The fourth-order valence-corrected chi connectivity index (χ4v) is 2.31. The van der Waals surface area contributed by atoms with Crippen LogP contribution in [0.25, 0.3) is 0 Å². The van der Waals surface area contributed by atoms with Crippen LogP contribution in [0.4, 0.5) is 0 Å². The van der Waals surface area contributed by atoms with Gasteiger partial charge in [0.1, 0.15) is 0 Å². The predicted octanol–water partition coefficient (Wildman–Crippen LogP) is 4.14. The summed E-state index contributed by atoms with van der Waals surface area (Å²) in [5.41, 5.74) is 0. The summed E-state index contributed by atoms with van der Waals surface area (Å²) in [6.45, 7) is 2.76. The maximum atomic E-state index is 10.1. The van der Waals surface area contributed by atoms with Crippen molar-refractivity contribution < 1.29 is 0 Å². The molecular formula is C12H23NO. The van der Waals surface area contributed by atoms with Gasteiger partial charge in [-0.3, -0.25) is 0 Å². The minimum Gasteiger partial charge on any atom is -0.151 e. The van der Waals surface area contributed by atoms with Gasteiger partial charge in [0.2, 0.25) is 0 Å². The molecule has 0 radical (unpaired) electrons. The molecule has 2 nitrogen and oxygen atoms in total. The van der Waals surface area contributed by atoms with E-state index < -0.39 is 0 Å². The Labute approximate surface area is 87.4 Å². The summed E-state index contributed by atoms with van der Waals surface area (Å²) in [6, 6.07) is 0. The molecule has 1 unspecified atom stereocenters. The number of unbranched alkanes of at least 4 members (excludes halogenated alkanes) is 1. The van der Waals surface area contributed by atoms with Crippen molar-refractivity contribution in [2.45, 2.75) is 58.3 Å². The van der Waals surface area contributed by atoms with Crippen molar-refractivity contribution >= 4 is 0 Å². The molecule has 0 aromatic rings. The molecular weight excluding hydrogens is 174 g/mol. The molecule has 1 saturated carbocycles. The van der Waals surface area contributed by atoms with Crippen LogP contribution in [-0.4, -0.2) is 6.54 Å². The molecule has 0 spiro atoms. The third kappa shape index (κ3) is 4.21. The van der Waals surface area contributed by atoms with Crippen LogP contribution in [0.2, 0.25) is 0 Å². The minimum atomic E-state index is 0.529. The lowest BCUT2D eigenvalue weighted by molar-refractivity contribution is 0.234. The minimum absolute atomic E-state index is 0.529. The first-order valence-corrected chi connectivity index (χ1v) is 6.16. The maximum absolute atomic E-state index is 10.1. The SMILES string of the molecule is CCCCC(CCN=O)CC1CCC1. The van der Waals surface area contributed by atoms with E-state index in [0.717, 1.165) is 18.3 Å². The van der Waals surface area contributed by atoms with Gasteiger partial charge in [-0.2, -0.15) is 4.91 Å². The summed E-state index contributed by atoms with van der Waals surface area (Å²) in [4.78, 5) is 10.1. The summed E-state index contributed by atoms with van der Waals surface area (Å²) in [6.07, 6.45) is 10.6. The van der Waals surface area contributed by atoms with Gasteiger partial charge in [-0.15, -0.1) is 0 Å². The van der Waals surface area contributed by atoms with Gasteiger partial charge in [0.25, 0.3) is 0 Å². The zero-order valence-electron chi connectivity index (χ0n) is 9.37. The summed E-state index contributed by atoms with van der Waals surface area (Å²) in [5, 5.41) is 2.98. The zero-order chi connectivity index (χ0) is 10.2. The summed E-state index contributed by atoms with van der Waals surface area (Å²) < 4.78 is 0. The number of nitrogens with zero attached hydrogens (tertiary/aromatic N) is 1. The summed E-state index contributed by atoms with van der Waals surface area (Å²) in [5.74, 6) is 1.75. The van der Waals surface area contributed by atoms with E-state index in [1.54, 1.807) is 0 Å². The molecule has 0 aromatic carbocycles. The molecule has 0 amide bonds. The van der Waals surface area contributed by atoms with Crippen LogP contribution in [0.15, 0.2) is 5.18 Å². The Kier molecular flexibility index (Phi) is 5.81. The molecule has 1 rings (SSSR count). The van der Waals surface area contributed by atoms with Crippen LogP contribution in [-0.2, 0) is 0 Å². The molecule has 1 aliphatic carbocycles. The van der Waals surface area contributed by atoms with E-state index in [0.29, 0.717) is 6.54 Å². The van der Waals surface area contributed by atoms with E-state index in [1.165, 1.54) is 44.9 Å². The normalized spacial score (nSPS) is 18.9. The second kappa shape index (κ2) is 6.97. The lowest BCUT2D eigenvalue weighted by Crippen LogP contribution is -2.16. The molecule has 0 heterocycles. The maximum Gasteiger partial charge on any atom is 0.0813 e. The number of hydrogen-bond donors (Lipinski definition) is 0. The molecule has 82 valence electrons. The molecule has 0 bridgehead atoms. The highest BCUT2D eigenvalue weighted by atomic mass is 16.3. The van der Waals surface area contributed by atoms with Crippen molar-refractivity contribution in [1.82, 2.24) is 0 Å². The van der Waals surface area contributed by atoms with Crippen molar-refractivity contribution in [3.63, 3.8) is 0 Å². The number of hydrogen-bond acceptors (Lipinski definition) is 2. The van der Waals surface area contributed by atoms with Crippen LogP contribution in [0.1, 0.15) is 58.3 Å². The zero-order valence-corrected chi connectivity index (χ0v) is 9.37. The molecule has 0 aliphatic heterocycles. The van der Waals surface area contributed by atoms with Gasteiger partial charge >= 0.3 is 0 Å². The summed E-state index contributed by atoms with van der Waals surface area (Å²) in [7, 11) is 0. The standard InChI is InChI=1S/C12H23NO/c1-2-3-5-12(8-9-13-14)10-11-6-4-7-11/h11-12H,2-10H2,1H3. The topological polar surface area (TPSA) is 29.4 Å². The largest absolute Gasteiger partial charge is 0.151 e. The van der Waals surface area contributed by atoms with Crippen LogP contribution < -0.4 is 0 Å². The van der Waals surface area contributed by atoms with E-state index in [4.69, 9.17) is 0 Å². The molecule has 1 atom stereocenters. The van der Waals surface area contributed by atoms with Crippen LogP contribution >= 0.6 is 0 Å². The molecule has 1 aliphatic rings. The van der Waals surface area contributed by atoms with Crippen LogP contribution in [0.5, 0.6) is 0 Å². The average molecular weight is 197 g/mol. The highest BCUT2D eigenvalue weighted by molar-refractivity contribution is 4.74. The van der Waals surface area contributed by atoms with Gasteiger partial charge in [0.15, 0.2) is 0 Å². The first-order chi connectivity index (χ1) is 6.86. The van der Waals surface area contributed by atoms with E-state index >= 15 is 0 Å². The van der Waals surface area contributed by atoms with Crippen molar-refractivity contribution in [1.29, 1.82) is 0 Å². The third-order valence-corrected chi connectivity index (χ3v) is 3.49. The van der Waals surface area contributed by atoms with Gasteiger partial charge in [0.05, 0.1) is 6.54 Å². The molecule has 0 N–H and O–H groups in total. The fraction of sp³-hybridized carbons (Fsp3) is 1.00. The molecule has 0 aromatic heterocycles. The van der Waals surface area contributed by atoms with E-state index in [2.05, 4.69) is 12.1 Å². The Morgan fingerprint density at radius 1 is 1.36 bits per heavy atom. The van der Waals surface area contributed by atoms with E-state index in [-0.39, 0.29) is 0 Å². The quantitative estimate of drug-likeness (QED) is 0.538. The molecule has 1 fully saturated rings.